The average Bonchev–Trinajstić information content (AvgIpc) is 2.14. The summed E-state index contributed by atoms with van der Waals surface area (Å²) < 4.78 is 0. The summed E-state index contributed by atoms with van der Waals surface area (Å²) in [6, 6.07) is 0. The molecule has 0 amide bonds. The molecule has 0 atom stereocenters. The van der Waals surface area contributed by atoms with Crippen molar-refractivity contribution in [2.45, 2.75) is 13.5 Å². The van der Waals surface area contributed by atoms with Gasteiger partial charge in [-0.3, -0.25) is 5.10 Å². The molecule has 0 fully saturated rings. The lowest BCUT2D eigenvalue weighted by Crippen LogP contribution is -1.95. The molecule has 0 unspecified atom stereocenters. The molecule has 60 valence electrons. The van der Waals surface area contributed by atoms with Gasteiger partial charge in [-0.2, -0.15) is 5.10 Å². The second-order valence-corrected chi connectivity index (χ2v) is 1.72. The Kier molecular flexibility index (Phi) is 7.51. The van der Waals surface area contributed by atoms with Crippen molar-refractivity contribution in [1.82, 2.24) is 10.2 Å². The summed E-state index contributed by atoms with van der Waals surface area (Å²) in [7, 11) is 0. The number of halogens is 2. The van der Waals surface area contributed by atoms with Gasteiger partial charge in [0.1, 0.15) is 0 Å². The van der Waals surface area contributed by atoms with Crippen LogP contribution in [0.1, 0.15) is 11.3 Å². The number of hydrogen-bond donors (Lipinski definition) is 2. The van der Waals surface area contributed by atoms with Crippen molar-refractivity contribution in [3.63, 3.8) is 0 Å². The number of aryl methyl sites for hydroxylation is 1. The molecular weight excluding hydrogens is 262 g/mol. The van der Waals surface area contributed by atoms with Crippen LogP contribution in [-0.2, 0) is 6.54 Å². The van der Waals surface area contributed by atoms with Gasteiger partial charge in [0.2, 0.25) is 0 Å². The maximum atomic E-state index is 5.34. The van der Waals surface area contributed by atoms with Crippen LogP contribution in [-0.4, -0.2) is 10.2 Å². The Morgan fingerprint density at radius 2 is 2.20 bits per heavy atom. The highest BCUT2D eigenvalue weighted by Gasteiger charge is 1.93. The lowest BCUT2D eigenvalue weighted by Gasteiger charge is -1.86. The number of rotatable bonds is 1. The summed E-state index contributed by atoms with van der Waals surface area (Å²) in [5.74, 6) is 0. The van der Waals surface area contributed by atoms with Crippen LogP contribution >= 0.6 is 34.0 Å². The van der Waals surface area contributed by atoms with Crippen molar-refractivity contribution >= 4 is 34.0 Å². The summed E-state index contributed by atoms with van der Waals surface area (Å²) in [6.45, 7) is 2.53. The predicted octanol–water partition coefficient (Wildman–Crippen LogP) is 1.33. The first-order valence-corrected chi connectivity index (χ1v) is 2.53. The standard InChI is InChI=1S/C5H9N3.2BrH/c1-4-5(2-6)3-7-8-4;;/h3H,2,6H2,1H3,(H,7,8);2*1H. The highest BCUT2D eigenvalue weighted by atomic mass is 79.9. The highest BCUT2D eigenvalue weighted by Crippen LogP contribution is 1.98. The van der Waals surface area contributed by atoms with Gasteiger partial charge in [-0.15, -0.1) is 34.0 Å². The van der Waals surface area contributed by atoms with Crippen LogP contribution in [0.25, 0.3) is 0 Å². The number of H-pyrrole nitrogens is 1. The third kappa shape index (κ3) is 2.81. The van der Waals surface area contributed by atoms with Gasteiger partial charge in [0.25, 0.3) is 0 Å². The van der Waals surface area contributed by atoms with Crippen molar-refractivity contribution in [2.75, 3.05) is 0 Å². The van der Waals surface area contributed by atoms with Crippen molar-refractivity contribution in [3.8, 4) is 0 Å². The van der Waals surface area contributed by atoms with E-state index in [0.29, 0.717) is 6.54 Å². The van der Waals surface area contributed by atoms with Crippen LogP contribution in [0.5, 0.6) is 0 Å². The zero-order valence-corrected chi connectivity index (χ0v) is 9.05. The predicted molar refractivity (Wildman–Crippen MR) is 51.9 cm³/mol. The van der Waals surface area contributed by atoms with Crippen molar-refractivity contribution in [3.05, 3.63) is 17.5 Å². The average molecular weight is 273 g/mol. The molecule has 1 aromatic rings. The third-order valence-electron chi connectivity index (χ3n) is 1.15. The SMILES string of the molecule is Br.Br.Cc1[nH]ncc1CN. The fraction of sp³-hybridized carbons (Fsp3) is 0.400. The van der Waals surface area contributed by atoms with Crippen LogP contribution in [0.3, 0.4) is 0 Å². The Hall–Kier alpha value is 0.130. The molecule has 0 radical (unpaired) electrons. The molecule has 0 bridgehead atoms. The number of nitrogens with one attached hydrogen (secondary N) is 1. The maximum absolute atomic E-state index is 5.34. The molecule has 0 aliphatic carbocycles. The zero-order chi connectivity index (χ0) is 5.98. The van der Waals surface area contributed by atoms with Crippen LogP contribution in [0.2, 0.25) is 0 Å². The first-order valence-electron chi connectivity index (χ1n) is 2.53. The fourth-order valence-electron chi connectivity index (χ4n) is 0.581. The van der Waals surface area contributed by atoms with Gasteiger partial charge < -0.3 is 5.73 Å². The monoisotopic (exact) mass is 271 g/mol. The largest absolute Gasteiger partial charge is 0.326 e. The normalized spacial score (nSPS) is 7.80. The van der Waals surface area contributed by atoms with E-state index in [1.165, 1.54) is 0 Å². The third-order valence-corrected chi connectivity index (χ3v) is 1.15. The molecule has 0 saturated carbocycles. The van der Waals surface area contributed by atoms with Gasteiger partial charge >= 0.3 is 0 Å². The molecule has 10 heavy (non-hydrogen) atoms. The maximum Gasteiger partial charge on any atom is 0.0534 e. The van der Waals surface area contributed by atoms with Crippen LogP contribution in [0.15, 0.2) is 6.20 Å². The molecular formula is C5H11Br2N3. The van der Waals surface area contributed by atoms with E-state index in [4.69, 9.17) is 5.73 Å². The van der Waals surface area contributed by atoms with E-state index < -0.39 is 0 Å². The molecule has 1 rings (SSSR count). The van der Waals surface area contributed by atoms with E-state index in [2.05, 4.69) is 10.2 Å². The van der Waals surface area contributed by atoms with Crippen molar-refractivity contribution in [2.24, 2.45) is 5.73 Å². The van der Waals surface area contributed by atoms with E-state index in [0.717, 1.165) is 11.3 Å². The van der Waals surface area contributed by atoms with E-state index in [1.54, 1.807) is 6.20 Å². The number of nitrogens with two attached hydrogens (primary N) is 1. The van der Waals surface area contributed by atoms with Gasteiger partial charge in [0.15, 0.2) is 0 Å². The Balaban J connectivity index is 0. The lowest BCUT2D eigenvalue weighted by molar-refractivity contribution is 1.02. The molecule has 5 heteroatoms. The van der Waals surface area contributed by atoms with Gasteiger partial charge in [-0.05, 0) is 6.92 Å². The summed E-state index contributed by atoms with van der Waals surface area (Å²) in [5.41, 5.74) is 7.49. The summed E-state index contributed by atoms with van der Waals surface area (Å²) in [6.07, 6.45) is 1.75. The molecule has 0 aliphatic heterocycles. The molecule has 1 heterocycles. The first-order chi connectivity index (χ1) is 3.84. The van der Waals surface area contributed by atoms with E-state index in [1.807, 2.05) is 6.92 Å². The minimum atomic E-state index is 0. The van der Waals surface area contributed by atoms with E-state index in [9.17, 15) is 0 Å². The molecule has 3 nitrogen and oxygen atoms in total. The van der Waals surface area contributed by atoms with Crippen molar-refractivity contribution < 1.29 is 0 Å². The fourth-order valence-corrected chi connectivity index (χ4v) is 0.581. The smallest absolute Gasteiger partial charge is 0.0534 e. The number of aromatic amines is 1. The second-order valence-electron chi connectivity index (χ2n) is 1.72. The van der Waals surface area contributed by atoms with Gasteiger partial charge in [-0.1, -0.05) is 0 Å². The summed E-state index contributed by atoms with van der Waals surface area (Å²) in [4.78, 5) is 0. The highest BCUT2D eigenvalue weighted by molar-refractivity contribution is 8.93. The van der Waals surface area contributed by atoms with E-state index >= 15 is 0 Å². The van der Waals surface area contributed by atoms with Gasteiger partial charge in [0, 0.05) is 17.8 Å². The topological polar surface area (TPSA) is 54.7 Å². The first kappa shape index (κ1) is 12.8. The molecule has 0 spiro atoms. The Morgan fingerprint density at radius 1 is 1.60 bits per heavy atom. The number of nitrogens with zero attached hydrogens (tertiary/aromatic N) is 1. The molecule has 0 aromatic carbocycles. The minimum absolute atomic E-state index is 0. The molecule has 0 saturated heterocycles. The number of hydrogen-bond acceptors (Lipinski definition) is 2. The molecule has 3 N–H and O–H groups in total. The van der Waals surface area contributed by atoms with Crippen molar-refractivity contribution in [1.29, 1.82) is 0 Å². The summed E-state index contributed by atoms with van der Waals surface area (Å²) >= 11 is 0. The van der Waals surface area contributed by atoms with Gasteiger partial charge in [0.05, 0.1) is 6.20 Å². The molecule has 0 aliphatic rings. The summed E-state index contributed by atoms with van der Waals surface area (Å²) in [5, 5.41) is 6.58. The van der Waals surface area contributed by atoms with Crippen LogP contribution in [0.4, 0.5) is 0 Å². The Labute approximate surface area is 80.9 Å². The second kappa shape index (κ2) is 5.88. The van der Waals surface area contributed by atoms with Crippen LogP contribution < -0.4 is 5.73 Å². The van der Waals surface area contributed by atoms with E-state index in [-0.39, 0.29) is 34.0 Å². The minimum Gasteiger partial charge on any atom is -0.326 e. The quantitative estimate of drug-likeness (QED) is 0.811. The number of aromatic nitrogens is 2. The van der Waals surface area contributed by atoms with Crippen LogP contribution in [0, 0.1) is 6.92 Å². The molecule has 1 aromatic heterocycles. The zero-order valence-electron chi connectivity index (χ0n) is 5.63. The van der Waals surface area contributed by atoms with Gasteiger partial charge in [-0.25, -0.2) is 0 Å². The Morgan fingerprint density at radius 3 is 2.40 bits per heavy atom. The lowest BCUT2D eigenvalue weighted by atomic mass is 10.3. The Bertz CT molecular complexity index is 175.